The molecular formula is C26H35N5O3. The van der Waals surface area contributed by atoms with Crippen molar-refractivity contribution < 1.29 is 14.3 Å². The van der Waals surface area contributed by atoms with Crippen molar-refractivity contribution >= 4 is 17.3 Å². The first-order chi connectivity index (χ1) is 16.3. The number of carbonyl (C=O) groups is 1. The van der Waals surface area contributed by atoms with Gasteiger partial charge in [-0.05, 0) is 74.7 Å². The lowest BCUT2D eigenvalue weighted by atomic mass is 10.1. The van der Waals surface area contributed by atoms with Crippen LogP contribution in [0.3, 0.4) is 0 Å². The number of piperazine rings is 1. The molecule has 2 atom stereocenters. The van der Waals surface area contributed by atoms with Gasteiger partial charge in [0, 0.05) is 48.2 Å². The van der Waals surface area contributed by atoms with Gasteiger partial charge in [-0.15, -0.1) is 0 Å². The number of hydrogen-bond acceptors (Lipinski definition) is 7. The summed E-state index contributed by atoms with van der Waals surface area (Å²) in [7, 11) is 3.21. The minimum atomic E-state index is -0.298. The zero-order valence-electron chi connectivity index (χ0n) is 20.4. The Kier molecular flexibility index (Phi) is 8.54. The van der Waals surface area contributed by atoms with E-state index in [0.717, 1.165) is 24.3 Å². The summed E-state index contributed by atoms with van der Waals surface area (Å²) >= 11 is 0. The molecule has 1 saturated heterocycles. The molecule has 0 bridgehead atoms. The second-order valence-electron chi connectivity index (χ2n) is 8.72. The van der Waals surface area contributed by atoms with Crippen molar-refractivity contribution in [3.8, 4) is 11.5 Å². The average Bonchev–Trinajstić information content (AvgIpc) is 2.81. The quantitative estimate of drug-likeness (QED) is 0.424. The molecule has 0 spiro atoms. The summed E-state index contributed by atoms with van der Waals surface area (Å²) in [4.78, 5) is 14.9. The fraction of sp³-hybridized carbons (Fsp3) is 0.385. The number of carbonyl (C=O) groups excluding carboxylic acids is 1. The van der Waals surface area contributed by atoms with Crippen molar-refractivity contribution in [2.45, 2.75) is 38.8 Å². The molecule has 8 heteroatoms. The second-order valence-corrected chi connectivity index (χ2v) is 8.72. The van der Waals surface area contributed by atoms with E-state index in [1.54, 1.807) is 32.4 Å². The lowest BCUT2D eigenvalue weighted by molar-refractivity contribution is 0.0965. The normalized spacial score (nSPS) is 18.4. The predicted octanol–water partition coefficient (Wildman–Crippen LogP) is 3.07. The van der Waals surface area contributed by atoms with Gasteiger partial charge in [-0.1, -0.05) is 0 Å². The number of nitrogens with two attached hydrogens (primary N) is 1. The van der Waals surface area contributed by atoms with Crippen LogP contribution in [-0.2, 0) is 6.42 Å². The van der Waals surface area contributed by atoms with Crippen molar-refractivity contribution in [3.63, 3.8) is 0 Å². The molecule has 3 rings (SSSR count). The first-order valence-electron chi connectivity index (χ1n) is 11.5. The minimum absolute atomic E-state index is 0.145. The van der Waals surface area contributed by atoms with Crippen LogP contribution >= 0.6 is 0 Å². The molecule has 2 aromatic rings. The Hall–Kier alpha value is -3.52. The summed E-state index contributed by atoms with van der Waals surface area (Å²) in [6, 6.07) is 14.0. The first-order valence-corrected chi connectivity index (χ1v) is 11.5. The standard InChI is InChI=1S/C26H35N5O3/c1-17-15-31(16-18(2)29-17)22-9-6-20(7-10-22)26(32)30-25(28)13-21(27)8-5-19-11-23(33-3)14-24(12-19)34-4/h6-7,9-14,17-18,27,29H,5,8,15-16,28H2,1-4H3,(H,30,32)/b25-13+,27-21?. The van der Waals surface area contributed by atoms with E-state index in [1.807, 2.05) is 24.3 Å². The van der Waals surface area contributed by atoms with Crippen LogP contribution in [0.2, 0.25) is 0 Å². The SMILES string of the molecule is COc1cc(CCC(=N)/C=C(\N)NC(=O)c2ccc(N3CC(C)NC(C)C3)cc2)cc(OC)c1. The highest BCUT2D eigenvalue weighted by Crippen LogP contribution is 2.23. The number of hydrogen-bond donors (Lipinski definition) is 4. The lowest BCUT2D eigenvalue weighted by Crippen LogP contribution is -2.54. The molecular weight excluding hydrogens is 430 g/mol. The molecule has 8 nitrogen and oxygen atoms in total. The number of anilines is 1. The summed E-state index contributed by atoms with van der Waals surface area (Å²) < 4.78 is 10.6. The summed E-state index contributed by atoms with van der Waals surface area (Å²) in [6.45, 7) is 6.20. The Balaban J connectivity index is 1.54. The number of ether oxygens (including phenoxy) is 2. The number of benzene rings is 2. The van der Waals surface area contributed by atoms with Gasteiger partial charge in [-0.2, -0.15) is 0 Å². The van der Waals surface area contributed by atoms with Gasteiger partial charge in [0.15, 0.2) is 0 Å². The van der Waals surface area contributed by atoms with Gasteiger partial charge in [0.2, 0.25) is 0 Å². The number of nitrogens with one attached hydrogen (secondary N) is 3. The average molecular weight is 466 g/mol. The Morgan fingerprint density at radius 2 is 1.71 bits per heavy atom. The molecule has 1 fully saturated rings. The highest BCUT2D eigenvalue weighted by Gasteiger charge is 2.21. The van der Waals surface area contributed by atoms with Gasteiger partial charge in [-0.3, -0.25) is 4.79 Å². The minimum Gasteiger partial charge on any atom is -0.497 e. The molecule has 2 unspecified atom stereocenters. The van der Waals surface area contributed by atoms with Gasteiger partial charge >= 0.3 is 0 Å². The van der Waals surface area contributed by atoms with Gasteiger partial charge < -0.3 is 36.2 Å². The molecule has 2 aromatic carbocycles. The van der Waals surface area contributed by atoms with E-state index in [-0.39, 0.29) is 11.7 Å². The molecule has 1 aliphatic heterocycles. The summed E-state index contributed by atoms with van der Waals surface area (Å²) in [5.41, 5.74) is 8.90. The van der Waals surface area contributed by atoms with E-state index >= 15 is 0 Å². The lowest BCUT2D eigenvalue weighted by Gasteiger charge is -2.37. The summed E-state index contributed by atoms with van der Waals surface area (Å²) in [5.74, 6) is 1.25. The smallest absolute Gasteiger partial charge is 0.256 e. The van der Waals surface area contributed by atoms with Crippen LogP contribution in [0.5, 0.6) is 11.5 Å². The summed E-state index contributed by atoms with van der Waals surface area (Å²) in [6.07, 6.45) is 2.56. The molecule has 1 amide bonds. The third kappa shape index (κ3) is 6.99. The molecule has 34 heavy (non-hydrogen) atoms. The maximum atomic E-state index is 12.6. The van der Waals surface area contributed by atoms with Crippen LogP contribution in [0.4, 0.5) is 5.69 Å². The molecule has 0 aromatic heterocycles. The maximum absolute atomic E-state index is 12.6. The van der Waals surface area contributed by atoms with Crippen molar-refractivity contribution in [2.24, 2.45) is 5.73 Å². The fourth-order valence-electron chi connectivity index (χ4n) is 4.15. The molecule has 0 radical (unpaired) electrons. The van der Waals surface area contributed by atoms with Crippen LogP contribution in [0.15, 0.2) is 54.4 Å². The first kappa shape index (κ1) is 25.1. The molecule has 1 heterocycles. The van der Waals surface area contributed by atoms with E-state index in [1.165, 1.54) is 6.08 Å². The number of amides is 1. The van der Waals surface area contributed by atoms with Gasteiger partial charge in [0.25, 0.3) is 5.91 Å². The Morgan fingerprint density at radius 1 is 1.12 bits per heavy atom. The monoisotopic (exact) mass is 465 g/mol. The topological polar surface area (TPSA) is 113 Å². The highest BCUT2D eigenvalue weighted by molar-refractivity contribution is 5.97. The van der Waals surface area contributed by atoms with E-state index in [4.69, 9.17) is 20.6 Å². The van der Waals surface area contributed by atoms with E-state index < -0.39 is 0 Å². The number of allylic oxidation sites excluding steroid dienone is 1. The van der Waals surface area contributed by atoms with Crippen LogP contribution < -0.4 is 30.7 Å². The van der Waals surface area contributed by atoms with Crippen LogP contribution in [-0.4, -0.2) is 51.0 Å². The van der Waals surface area contributed by atoms with Crippen LogP contribution in [0.25, 0.3) is 0 Å². The summed E-state index contributed by atoms with van der Waals surface area (Å²) in [5, 5.41) is 14.4. The number of aryl methyl sites for hydroxylation is 1. The largest absolute Gasteiger partial charge is 0.497 e. The number of nitrogens with zero attached hydrogens (tertiary/aromatic N) is 1. The Bertz CT molecular complexity index is 1000. The van der Waals surface area contributed by atoms with E-state index in [0.29, 0.717) is 47.7 Å². The molecule has 1 aliphatic rings. The third-order valence-electron chi connectivity index (χ3n) is 5.73. The van der Waals surface area contributed by atoms with Crippen molar-refractivity contribution in [2.75, 3.05) is 32.2 Å². The fourth-order valence-corrected chi connectivity index (χ4v) is 4.15. The molecule has 0 aliphatic carbocycles. The Labute approximate surface area is 201 Å². The third-order valence-corrected chi connectivity index (χ3v) is 5.73. The maximum Gasteiger partial charge on any atom is 0.256 e. The van der Waals surface area contributed by atoms with Gasteiger partial charge in [-0.25, -0.2) is 0 Å². The van der Waals surface area contributed by atoms with Crippen LogP contribution in [0, 0.1) is 5.41 Å². The zero-order valence-corrected chi connectivity index (χ0v) is 20.4. The van der Waals surface area contributed by atoms with E-state index in [9.17, 15) is 4.79 Å². The molecule has 182 valence electrons. The predicted molar refractivity (Wildman–Crippen MR) is 136 cm³/mol. The zero-order chi connectivity index (χ0) is 24.7. The Morgan fingerprint density at radius 3 is 2.26 bits per heavy atom. The van der Waals surface area contributed by atoms with Crippen LogP contribution in [0.1, 0.15) is 36.2 Å². The van der Waals surface area contributed by atoms with Crippen molar-refractivity contribution in [1.29, 1.82) is 5.41 Å². The van der Waals surface area contributed by atoms with Crippen molar-refractivity contribution in [3.05, 3.63) is 65.5 Å². The highest BCUT2D eigenvalue weighted by atomic mass is 16.5. The molecule has 0 saturated carbocycles. The second kappa shape index (κ2) is 11.6. The number of methoxy groups -OCH3 is 2. The van der Waals surface area contributed by atoms with E-state index in [2.05, 4.69) is 29.4 Å². The molecule has 5 N–H and O–H groups in total. The van der Waals surface area contributed by atoms with Crippen molar-refractivity contribution in [1.82, 2.24) is 10.6 Å². The number of rotatable bonds is 9. The van der Waals surface area contributed by atoms with Gasteiger partial charge in [0.1, 0.15) is 17.3 Å². The van der Waals surface area contributed by atoms with Gasteiger partial charge in [0.05, 0.1) is 14.2 Å².